The first-order chi connectivity index (χ1) is 10.6. The van der Waals surface area contributed by atoms with E-state index in [1.807, 2.05) is 17.0 Å². The third kappa shape index (κ3) is 2.90. The molecule has 1 amide bonds. The SMILES string of the molecule is Cn1c(C(=O)N(Cc2ccco2)C2CCCC2)cc(Cl)c1Cl. The number of hydrogen-bond donors (Lipinski definition) is 0. The van der Waals surface area contributed by atoms with Crippen molar-refractivity contribution in [3.8, 4) is 0 Å². The summed E-state index contributed by atoms with van der Waals surface area (Å²) in [5, 5.41) is 0.784. The molecule has 2 aromatic heterocycles. The van der Waals surface area contributed by atoms with Crippen LogP contribution in [-0.4, -0.2) is 21.4 Å². The van der Waals surface area contributed by atoms with E-state index < -0.39 is 0 Å². The monoisotopic (exact) mass is 340 g/mol. The quantitative estimate of drug-likeness (QED) is 0.821. The Bertz CT molecular complexity index is 658. The second-order valence-corrected chi connectivity index (χ2v) is 6.44. The van der Waals surface area contributed by atoms with Gasteiger partial charge in [-0.25, -0.2) is 0 Å². The molecular formula is C16H18Cl2N2O2. The molecule has 1 aliphatic rings. The van der Waals surface area contributed by atoms with E-state index in [9.17, 15) is 4.79 Å². The largest absolute Gasteiger partial charge is 0.467 e. The summed E-state index contributed by atoms with van der Waals surface area (Å²) in [6.07, 6.45) is 5.99. The molecule has 0 radical (unpaired) electrons. The highest BCUT2D eigenvalue weighted by Crippen LogP contribution is 2.30. The Morgan fingerprint density at radius 1 is 1.41 bits per heavy atom. The van der Waals surface area contributed by atoms with Crippen molar-refractivity contribution in [1.29, 1.82) is 0 Å². The van der Waals surface area contributed by atoms with E-state index in [1.165, 1.54) is 0 Å². The Morgan fingerprint density at radius 3 is 2.68 bits per heavy atom. The third-order valence-corrected chi connectivity index (χ3v) is 5.11. The van der Waals surface area contributed by atoms with Gasteiger partial charge < -0.3 is 13.9 Å². The molecule has 0 atom stereocenters. The Balaban J connectivity index is 1.90. The minimum Gasteiger partial charge on any atom is -0.467 e. The first kappa shape index (κ1) is 15.5. The van der Waals surface area contributed by atoms with Crippen LogP contribution >= 0.6 is 23.2 Å². The average molecular weight is 341 g/mol. The van der Waals surface area contributed by atoms with Gasteiger partial charge in [0, 0.05) is 13.1 Å². The maximum absolute atomic E-state index is 13.0. The van der Waals surface area contributed by atoms with Crippen molar-refractivity contribution in [3.05, 3.63) is 46.1 Å². The minimum atomic E-state index is -0.0559. The molecule has 1 saturated carbocycles. The highest BCUT2D eigenvalue weighted by atomic mass is 35.5. The number of rotatable bonds is 4. The van der Waals surface area contributed by atoms with Crippen LogP contribution in [0.2, 0.25) is 10.2 Å². The second kappa shape index (κ2) is 6.39. The topological polar surface area (TPSA) is 38.4 Å². The lowest BCUT2D eigenvalue weighted by Gasteiger charge is -2.28. The van der Waals surface area contributed by atoms with Gasteiger partial charge in [-0.2, -0.15) is 0 Å². The first-order valence-corrected chi connectivity index (χ1v) is 8.17. The second-order valence-electron chi connectivity index (χ2n) is 5.68. The summed E-state index contributed by atoms with van der Waals surface area (Å²) in [5.74, 6) is 0.728. The van der Waals surface area contributed by atoms with Crippen LogP contribution in [0, 0.1) is 0 Å². The zero-order chi connectivity index (χ0) is 15.7. The zero-order valence-electron chi connectivity index (χ0n) is 12.4. The van der Waals surface area contributed by atoms with Gasteiger partial charge in [0.2, 0.25) is 0 Å². The maximum Gasteiger partial charge on any atom is 0.271 e. The number of carbonyl (C=O) groups is 1. The lowest BCUT2D eigenvalue weighted by Crippen LogP contribution is -2.39. The van der Waals surface area contributed by atoms with E-state index in [0.29, 0.717) is 22.4 Å². The lowest BCUT2D eigenvalue weighted by atomic mass is 10.2. The summed E-state index contributed by atoms with van der Waals surface area (Å²) in [7, 11) is 1.75. The van der Waals surface area contributed by atoms with Gasteiger partial charge in [-0.05, 0) is 31.0 Å². The first-order valence-electron chi connectivity index (χ1n) is 7.42. The normalized spacial score (nSPS) is 15.4. The van der Waals surface area contributed by atoms with Gasteiger partial charge >= 0.3 is 0 Å². The molecule has 0 saturated heterocycles. The van der Waals surface area contributed by atoms with Gasteiger partial charge in [0.15, 0.2) is 0 Å². The van der Waals surface area contributed by atoms with Crippen molar-refractivity contribution < 1.29 is 9.21 Å². The average Bonchev–Trinajstić information content (AvgIpc) is 3.23. The molecule has 118 valence electrons. The van der Waals surface area contributed by atoms with Gasteiger partial charge in [-0.15, -0.1) is 0 Å². The van der Waals surface area contributed by atoms with E-state index in [4.69, 9.17) is 27.6 Å². The Hall–Kier alpha value is -1.39. The molecule has 1 fully saturated rings. The Labute approximate surface area is 139 Å². The molecule has 0 spiro atoms. The fourth-order valence-corrected chi connectivity index (χ4v) is 3.42. The molecule has 3 rings (SSSR count). The maximum atomic E-state index is 13.0. The standard InChI is InChI=1S/C16H18Cl2N2O2/c1-19-14(9-13(17)15(19)18)16(21)20(11-5-2-3-6-11)10-12-7-4-8-22-12/h4,7-9,11H,2-3,5-6,10H2,1H3. The molecule has 2 heterocycles. The van der Waals surface area contributed by atoms with Crippen LogP contribution in [0.25, 0.3) is 0 Å². The van der Waals surface area contributed by atoms with E-state index in [0.717, 1.165) is 31.4 Å². The van der Waals surface area contributed by atoms with Crippen molar-refractivity contribution in [2.24, 2.45) is 7.05 Å². The third-order valence-electron chi connectivity index (χ3n) is 4.27. The summed E-state index contributed by atoms with van der Waals surface area (Å²) in [5.41, 5.74) is 0.508. The number of amides is 1. The van der Waals surface area contributed by atoms with Crippen LogP contribution < -0.4 is 0 Å². The molecular weight excluding hydrogens is 323 g/mol. The highest BCUT2D eigenvalue weighted by Gasteiger charge is 2.30. The van der Waals surface area contributed by atoms with Crippen molar-refractivity contribution in [3.63, 3.8) is 0 Å². The number of hydrogen-bond acceptors (Lipinski definition) is 2. The van der Waals surface area contributed by atoms with Gasteiger partial charge in [-0.3, -0.25) is 4.79 Å². The van der Waals surface area contributed by atoms with Gasteiger partial charge in [-0.1, -0.05) is 36.0 Å². The fraction of sp³-hybridized carbons (Fsp3) is 0.438. The zero-order valence-corrected chi connectivity index (χ0v) is 13.9. The Kier molecular flexibility index (Phi) is 4.50. The van der Waals surface area contributed by atoms with Crippen LogP contribution in [0.1, 0.15) is 41.9 Å². The van der Waals surface area contributed by atoms with Gasteiger partial charge in [0.05, 0.1) is 17.8 Å². The van der Waals surface area contributed by atoms with Gasteiger partial charge in [0.25, 0.3) is 5.91 Å². The van der Waals surface area contributed by atoms with Crippen molar-refractivity contribution in [2.75, 3.05) is 0 Å². The Morgan fingerprint density at radius 2 is 2.14 bits per heavy atom. The van der Waals surface area contributed by atoms with Crippen molar-refractivity contribution in [2.45, 2.75) is 38.3 Å². The predicted molar refractivity (Wildman–Crippen MR) is 86.3 cm³/mol. The fourth-order valence-electron chi connectivity index (χ4n) is 3.05. The minimum absolute atomic E-state index is 0.0559. The molecule has 4 nitrogen and oxygen atoms in total. The number of nitrogens with zero attached hydrogens (tertiary/aromatic N) is 2. The smallest absolute Gasteiger partial charge is 0.271 e. The molecule has 0 N–H and O–H groups in total. The molecule has 0 aliphatic heterocycles. The number of furan rings is 1. The summed E-state index contributed by atoms with van der Waals surface area (Å²) < 4.78 is 7.05. The molecule has 0 bridgehead atoms. The lowest BCUT2D eigenvalue weighted by molar-refractivity contribution is 0.0639. The van der Waals surface area contributed by atoms with Crippen molar-refractivity contribution >= 4 is 29.1 Å². The van der Waals surface area contributed by atoms with E-state index in [1.54, 1.807) is 23.9 Å². The molecule has 22 heavy (non-hydrogen) atoms. The van der Waals surface area contributed by atoms with E-state index in [2.05, 4.69) is 0 Å². The summed E-state index contributed by atoms with van der Waals surface area (Å²) in [6.45, 7) is 0.469. The highest BCUT2D eigenvalue weighted by molar-refractivity contribution is 6.41. The van der Waals surface area contributed by atoms with E-state index >= 15 is 0 Å². The number of carbonyl (C=O) groups excluding carboxylic acids is 1. The summed E-state index contributed by atoms with van der Waals surface area (Å²) in [4.78, 5) is 14.9. The van der Waals surface area contributed by atoms with Gasteiger partial charge in [0.1, 0.15) is 16.6 Å². The van der Waals surface area contributed by atoms with Crippen LogP contribution in [0.15, 0.2) is 28.9 Å². The number of aromatic nitrogens is 1. The molecule has 0 unspecified atom stereocenters. The van der Waals surface area contributed by atoms with Crippen LogP contribution in [0.3, 0.4) is 0 Å². The van der Waals surface area contributed by atoms with Crippen LogP contribution in [0.5, 0.6) is 0 Å². The molecule has 0 aromatic carbocycles. The number of halogens is 2. The van der Waals surface area contributed by atoms with Crippen LogP contribution in [0.4, 0.5) is 0 Å². The van der Waals surface area contributed by atoms with Crippen molar-refractivity contribution in [1.82, 2.24) is 9.47 Å². The molecule has 2 aromatic rings. The molecule has 1 aliphatic carbocycles. The van der Waals surface area contributed by atoms with E-state index in [-0.39, 0.29) is 11.9 Å². The molecule has 6 heteroatoms. The summed E-state index contributed by atoms with van der Waals surface area (Å²) >= 11 is 12.1. The predicted octanol–water partition coefficient (Wildman–Crippen LogP) is 4.51. The summed E-state index contributed by atoms with van der Waals surface area (Å²) in [6, 6.07) is 5.60. The van der Waals surface area contributed by atoms with Crippen LogP contribution in [-0.2, 0) is 13.6 Å².